The van der Waals surface area contributed by atoms with E-state index in [-0.39, 0.29) is 11.4 Å². The van der Waals surface area contributed by atoms with Crippen LogP contribution < -0.4 is 9.44 Å². The van der Waals surface area contributed by atoms with Gasteiger partial charge < -0.3 is 5.11 Å². The van der Waals surface area contributed by atoms with Gasteiger partial charge in [0, 0.05) is 6.54 Å². The van der Waals surface area contributed by atoms with E-state index in [9.17, 15) is 21.6 Å². The third-order valence-electron chi connectivity index (χ3n) is 2.96. The Bertz CT molecular complexity index is 729. The fraction of sp³-hybridized carbons (Fsp3) is 0.462. The van der Waals surface area contributed by atoms with Crippen LogP contribution in [0.2, 0.25) is 0 Å². The number of carbonyl (C=O) groups is 1. The van der Waals surface area contributed by atoms with E-state index in [0.29, 0.717) is 0 Å². The van der Waals surface area contributed by atoms with E-state index in [4.69, 9.17) is 5.11 Å². The van der Waals surface area contributed by atoms with Gasteiger partial charge in [0.2, 0.25) is 20.0 Å². The first kappa shape index (κ1) is 19.6. The lowest BCUT2D eigenvalue weighted by Gasteiger charge is -2.18. The minimum atomic E-state index is -3.93. The van der Waals surface area contributed by atoms with Gasteiger partial charge in [-0.1, -0.05) is 32.0 Å². The molecule has 0 amide bonds. The summed E-state index contributed by atoms with van der Waals surface area (Å²) in [6, 6.07) is 6.26. The fourth-order valence-corrected chi connectivity index (χ4v) is 4.15. The Morgan fingerprint density at radius 3 is 2.17 bits per heavy atom. The Kier molecular flexibility index (Phi) is 6.69. The van der Waals surface area contributed by atoms with Crippen LogP contribution in [0.25, 0.3) is 0 Å². The Labute approximate surface area is 136 Å². The highest BCUT2D eigenvalue weighted by molar-refractivity contribution is 7.90. The van der Waals surface area contributed by atoms with Gasteiger partial charge in [-0.2, -0.15) is 0 Å². The molecule has 3 N–H and O–H groups in total. The summed E-state index contributed by atoms with van der Waals surface area (Å²) in [5, 5.41) is 8.97. The normalized spacial score (nSPS) is 13.9. The second-order valence-corrected chi connectivity index (χ2v) is 8.85. The molecule has 0 heterocycles. The molecule has 130 valence electrons. The van der Waals surface area contributed by atoms with Crippen LogP contribution in [0.15, 0.2) is 35.2 Å². The van der Waals surface area contributed by atoms with Crippen molar-refractivity contribution in [2.45, 2.75) is 24.8 Å². The Morgan fingerprint density at radius 2 is 1.70 bits per heavy atom. The molecule has 0 aliphatic carbocycles. The van der Waals surface area contributed by atoms with E-state index in [1.165, 1.54) is 12.1 Å². The Hall–Kier alpha value is -1.49. The zero-order chi connectivity index (χ0) is 17.7. The molecule has 1 unspecified atom stereocenters. The van der Waals surface area contributed by atoms with Crippen molar-refractivity contribution in [2.24, 2.45) is 5.92 Å². The zero-order valence-corrected chi connectivity index (χ0v) is 14.4. The maximum Gasteiger partial charge on any atom is 0.321 e. The highest BCUT2D eigenvalue weighted by Crippen LogP contribution is 2.07. The fourth-order valence-electron chi connectivity index (χ4n) is 1.72. The van der Waals surface area contributed by atoms with Gasteiger partial charge in [-0.3, -0.25) is 4.79 Å². The van der Waals surface area contributed by atoms with Crippen LogP contribution >= 0.6 is 0 Å². The topological polar surface area (TPSA) is 130 Å². The van der Waals surface area contributed by atoms with Crippen molar-refractivity contribution < 1.29 is 26.7 Å². The van der Waals surface area contributed by atoms with Crippen molar-refractivity contribution in [1.29, 1.82) is 0 Å². The van der Waals surface area contributed by atoms with E-state index in [1.54, 1.807) is 32.0 Å². The molecule has 0 radical (unpaired) electrons. The highest BCUT2D eigenvalue weighted by Gasteiger charge is 2.27. The molecule has 1 aromatic rings. The van der Waals surface area contributed by atoms with Gasteiger partial charge >= 0.3 is 5.97 Å². The quantitative estimate of drug-likeness (QED) is 0.565. The van der Waals surface area contributed by atoms with Crippen LogP contribution in [0.3, 0.4) is 0 Å². The third-order valence-corrected chi connectivity index (χ3v) is 5.79. The van der Waals surface area contributed by atoms with Crippen molar-refractivity contribution in [1.82, 2.24) is 9.44 Å². The van der Waals surface area contributed by atoms with E-state index in [1.807, 2.05) is 0 Å². The number of benzene rings is 1. The molecule has 0 aliphatic heterocycles. The number of sulfonamides is 2. The summed E-state index contributed by atoms with van der Waals surface area (Å²) in [7, 11) is -7.74. The van der Waals surface area contributed by atoms with Gasteiger partial charge in [0.25, 0.3) is 0 Å². The van der Waals surface area contributed by atoms with Crippen molar-refractivity contribution in [2.75, 3.05) is 12.3 Å². The van der Waals surface area contributed by atoms with Crippen LogP contribution in [-0.4, -0.2) is 46.3 Å². The molecule has 1 aromatic carbocycles. The van der Waals surface area contributed by atoms with Crippen molar-refractivity contribution in [3.8, 4) is 0 Å². The summed E-state index contributed by atoms with van der Waals surface area (Å²) >= 11 is 0. The van der Waals surface area contributed by atoms with E-state index in [0.717, 1.165) is 0 Å². The maximum atomic E-state index is 11.9. The number of hydrogen-bond acceptors (Lipinski definition) is 5. The van der Waals surface area contributed by atoms with Crippen LogP contribution in [0.1, 0.15) is 13.8 Å². The molecule has 10 heteroatoms. The minimum absolute atomic E-state index is 0.0240. The molecule has 23 heavy (non-hydrogen) atoms. The summed E-state index contributed by atoms with van der Waals surface area (Å²) in [4.78, 5) is 11.0. The summed E-state index contributed by atoms with van der Waals surface area (Å²) in [5.41, 5.74) is 0. The number of nitrogens with one attached hydrogen (secondary N) is 2. The van der Waals surface area contributed by atoms with Gasteiger partial charge in [0.1, 0.15) is 6.04 Å². The average molecular weight is 364 g/mol. The molecular formula is C13H20N2O6S2. The van der Waals surface area contributed by atoms with E-state index >= 15 is 0 Å². The SMILES string of the molecule is CC(C)C(NS(=O)(=O)CCNS(=O)(=O)c1ccccc1)C(=O)O. The average Bonchev–Trinajstić information content (AvgIpc) is 2.45. The van der Waals surface area contributed by atoms with Crippen molar-refractivity contribution in [3.05, 3.63) is 30.3 Å². The van der Waals surface area contributed by atoms with Crippen LogP contribution in [-0.2, 0) is 24.8 Å². The monoisotopic (exact) mass is 364 g/mol. The molecule has 1 atom stereocenters. The lowest BCUT2D eigenvalue weighted by Crippen LogP contribution is -2.46. The molecule has 0 saturated carbocycles. The third kappa shape index (κ3) is 6.26. The van der Waals surface area contributed by atoms with E-state index in [2.05, 4.69) is 9.44 Å². The Morgan fingerprint density at radius 1 is 1.13 bits per heavy atom. The molecule has 0 aliphatic rings. The van der Waals surface area contributed by atoms with Crippen LogP contribution in [0.4, 0.5) is 0 Å². The predicted molar refractivity (Wildman–Crippen MR) is 84.8 cm³/mol. The van der Waals surface area contributed by atoms with Crippen molar-refractivity contribution >= 4 is 26.0 Å². The number of carboxylic acid groups (broad SMARTS) is 1. The first-order valence-electron chi connectivity index (χ1n) is 6.83. The summed E-state index contributed by atoms with van der Waals surface area (Å²) in [5.74, 6) is -2.29. The van der Waals surface area contributed by atoms with Gasteiger partial charge in [-0.05, 0) is 18.1 Å². The second kappa shape index (κ2) is 7.86. The Balaban J connectivity index is 2.65. The van der Waals surface area contributed by atoms with Crippen LogP contribution in [0, 0.1) is 5.92 Å². The number of carboxylic acids is 1. The minimum Gasteiger partial charge on any atom is -0.480 e. The van der Waals surface area contributed by atoms with Crippen molar-refractivity contribution in [3.63, 3.8) is 0 Å². The lowest BCUT2D eigenvalue weighted by molar-refractivity contribution is -0.140. The number of hydrogen-bond donors (Lipinski definition) is 3. The molecule has 1 rings (SSSR count). The molecule has 0 bridgehead atoms. The number of rotatable bonds is 9. The largest absolute Gasteiger partial charge is 0.480 e. The highest BCUT2D eigenvalue weighted by atomic mass is 32.2. The lowest BCUT2D eigenvalue weighted by atomic mass is 10.1. The first-order chi connectivity index (χ1) is 10.6. The van der Waals surface area contributed by atoms with Gasteiger partial charge in [-0.25, -0.2) is 26.3 Å². The summed E-state index contributed by atoms with van der Waals surface area (Å²) in [6.07, 6.45) is 0. The number of aliphatic carboxylic acids is 1. The van der Waals surface area contributed by atoms with E-state index < -0.39 is 43.7 Å². The second-order valence-electron chi connectivity index (χ2n) is 5.21. The van der Waals surface area contributed by atoms with Gasteiger partial charge in [0.05, 0.1) is 10.6 Å². The summed E-state index contributed by atoms with van der Waals surface area (Å²) in [6.45, 7) is 2.77. The first-order valence-corrected chi connectivity index (χ1v) is 9.96. The van der Waals surface area contributed by atoms with Gasteiger partial charge in [0.15, 0.2) is 0 Å². The predicted octanol–water partition coefficient (Wildman–Crippen LogP) is -0.00650. The zero-order valence-electron chi connectivity index (χ0n) is 12.8. The smallest absolute Gasteiger partial charge is 0.321 e. The standard InChI is InChI=1S/C13H20N2O6S2/c1-10(2)12(13(16)17)15-22(18,19)9-8-14-23(20,21)11-6-4-3-5-7-11/h3-7,10,12,14-15H,8-9H2,1-2H3,(H,16,17). The molecular weight excluding hydrogens is 344 g/mol. The summed E-state index contributed by atoms with van der Waals surface area (Å²) < 4.78 is 51.8. The maximum absolute atomic E-state index is 11.9. The molecule has 0 fully saturated rings. The molecule has 8 nitrogen and oxygen atoms in total. The molecule has 0 aromatic heterocycles. The molecule has 0 spiro atoms. The van der Waals surface area contributed by atoms with Crippen LogP contribution in [0.5, 0.6) is 0 Å². The molecule has 0 saturated heterocycles. The van der Waals surface area contributed by atoms with Gasteiger partial charge in [-0.15, -0.1) is 0 Å².